The Morgan fingerprint density at radius 3 is 2.46 bits per heavy atom. The minimum Gasteiger partial charge on any atom is -0.506 e. The summed E-state index contributed by atoms with van der Waals surface area (Å²) in [5, 5.41) is 20.5. The van der Waals surface area contributed by atoms with Crippen molar-refractivity contribution in [2.75, 3.05) is 19.7 Å². The SMILES string of the molecule is CCOC(=O)c1c(O)c2c([nH]c1=O)C(C)C[N+](C(=O)O)(C(C)(C)C)CC2. The molecule has 0 fully saturated rings. The number of H-pyrrole nitrogens is 1. The van der Waals surface area contributed by atoms with E-state index in [1.807, 2.05) is 27.7 Å². The molecule has 0 aliphatic carbocycles. The van der Waals surface area contributed by atoms with E-state index in [9.17, 15) is 24.6 Å². The molecule has 0 bridgehead atoms. The van der Waals surface area contributed by atoms with Crippen LogP contribution in [-0.2, 0) is 11.2 Å². The number of aromatic nitrogens is 1. The Bertz CT molecular complexity index is 792. The molecule has 1 amide bonds. The Balaban J connectivity index is 2.62. The molecule has 1 aromatic heterocycles. The van der Waals surface area contributed by atoms with Crippen LogP contribution >= 0.6 is 0 Å². The summed E-state index contributed by atoms with van der Waals surface area (Å²) in [7, 11) is 0. The number of ether oxygens (including phenoxy) is 1. The van der Waals surface area contributed by atoms with E-state index in [4.69, 9.17) is 4.74 Å². The predicted molar refractivity (Wildman–Crippen MR) is 94.6 cm³/mol. The average molecular weight is 367 g/mol. The number of pyridine rings is 1. The van der Waals surface area contributed by atoms with Crippen molar-refractivity contribution < 1.29 is 29.0 Å². The molecule has 0 radical (unpaired) electrons. The van der Waals surface area contributed by atoms with Gasteiger partial charge in [-0.2, -0.15) is 4.79 Å². The van der Waals surface area contributed by atoms with Gasteiger partial charge < -0.3 is 19.9 Å². The van der Waals surface area contributed by atoms with Crippen molar-refractivity contribution in [1.82, 2.24) is 4.98 Å². The van der Waals surface area contributed by atoms with Gasteiger partial charge in [-0.1, -0.05) is 6.92 Å². The second-order valence-electron chi connectivity index (χ2n) is 7.77. The number of hydrogen-bond donors (Lipinski definition) is 3. The highest BCUT2D eigenvalue weighted by atomic mass is 16.5. The van der Waals surface area contributed by atoms with Crippen molar-refractivity contribution in [3.8, 4) is 5.75 Å². The van der Waals surface area contributed by atoms with Gasteiger partial charge in [-0.05, 0) is 27.7 Å². The molecular weight excluding hydrogens is 340 g/mol. The largest absolute Gasteiger partial charge is 0.514 e. The van der Waals surface area contributed by atoms with Crippen LogP contribution in [0.25, 0.3) is 0 Å². The molecule has 0 saturated carbocycles. The lowest BCUT2D eigenvalue weighted by molar-refractivity contribution is -0.903. The van der Waals surface area contributed by atoms with E-state index in [0.29, 0.717) is 11.3 Å². The number of quaternary nitrogens is 1. The highest BCUT2D eigenvalue weighted by Crippen LogP contribution is 2.37. The lowest BCUT2D eigenvalue weighted by Crippen LogP contribution is -2.64. The maximum Gasteiger partial charge on any atom is 0.514 e. The monoisotopic (exact) mass is 367 g/mol. The van der Waals surface area contributed by atoms with Crippen LogP contribution in [0.1, 0.15) is 62.2 Å². The highest BCUT2D eigenvalue weighted by molar-refractivity contribution is 5.92. The lowest BCUT2D eigenvalue weighted by atomic mass is 9.97. The number of rotatable bonds is 2. The Hall–Kier alpha value is -2.35. The van der Waals surface area contributed by atoms with Crippen LogP contribution in [0.15, 0.2) is 4.79 Å². The van der Waals surface area contributed by atoms with Crippen molar-refractivity contribution in [1.29, 1.82) is 0 Å². The highest BCUT2D eigenvalue weighted by Gasteiger charge is 2.50. The third-order valence-electron chi connectivity index (χ3n) is 5.27. The molecular formula is C18H27N2O6+. The standard InChI is InChI=1S/C18H26N2O6/c1-6-26-16(23)12-14(21)11-7-8-20(17(24)25,18(3,4)5)9-10(2)13(11)19-15(12)22/h10H,6-9H2,1-5H3,(H2-,19,21,22,23,24,25)/p+1. The minimum absolute atomic E-state index is 0.0776. The molecule has 26 heavy (non-hydrogen) atoms. The molecule has 2 heterocycles. The van der Waals surface area contributed by atoms with Gasteiger partial charge in [-0.25, -0.2) is 9.28 Å². The lowest BCUT2D eigenvalue weighted by Gasteiger charge is -2.43. The number of hydrogen-bond acceptors (Lipinski definition) is 5. The summed E-state index contributed by atoms with van der Waals surface area (Å²) in [5.41, 5.74) is -0.847. The van der Waals surface area contributed by atoms with Gasteiger partial charge in [-0.15, -0.1) is 0 Å². The van der Waals surface area contributed by atoms with Gasteiger partial charge >= 0.3 is 12.1 Å². The van der Waals surface area contributed by atoms with E-state index in [-0.39, 0.29) is 36.5 Å². The van der Waals surface area contributed by atoms with Crippen molar-refractivity contribution in [3.63, 3.8) is 0 Å². The van der Waals surface area contributed by atoms with Crippen LogP contribution < -0.4 is 5.56 Å². The zero-order chi connectivity index (χ0) is 19.9. The Morgan fingerprint density at radius 2 is 1.96 bits per heavy atom. The van der Waals surface area contributed by atoms with Gasteiger partial charge in [0.05, 0.1) is 19.7 Å². The molecule has 1 aliphatic rings. The fourth-order valence-corrected chi connectivity index (χ4v) is 3.74. The summed E-state index contributed by atoms with van der Waals surface area (Å²) < 4.78 is 4.65. The number of esters is 1. The Kier molecular flexibility index (Phi) is 5.19. The van der Waals surface area contributed by atoms with Crippen LogP contribution in [0, 0.1) is 0 Å². The second kappa shape index (κ2) is 6.75. The van der Waals surface area contributed by atoms with Crippen molar-refractivity contribution in [3.05, 3.63) is 27.2 Å². The molecule has 2 rings (SSSR count). The van der Waals surface area contributed by atoms with Gasteiger partial charge in [0, 0.05) is 23.6 Å². The summed E-state index contributed by atoms with van der Waals surface area (Å²) >= 11 is 0. The first-order valence-corrected chi connectivity index (χ1v) is 8.72. The molecule has 0 aromatic carbocycles. The summed E-state index contributed by atoms with van der Waals surface area (Å²) in [4.78, 5) is 39.2. The summed E-state index contributed by atoms with van der Waals surface area (Å²) in [6, 6.07) is 0. The van der Waals surface area contributed by atoms with Crippen molar-refractivity contribution >= 4 is 12.1 Å². The molecule has 3 N–H and O–H groups in total. The number of carbonyl (C=O) groups is 2. The van der Waals surface area contributed by atoms with Crippen molar-refractivity contribution in [2.24, 2.45) is 0 Å². The molecule has 8 heteroatoms. The molecule has 1 aromatic rings. The number of aromatic hydroxyl groups is 1. The van der Waals surface area contributed by atoms with Crippen LogP contribution in [0.4, 0.5) is 4.79 Å². The predicted octanol–water partition coefficient (Wildman–Crippen LogP) is 2.21. The molecule has 1 aliphatic heterocycles. The fourth-order valence-electron chi connectivity index (χ4n) is 3.74. The Labute approximate surface area is 152 Å². The van der Waals surface area contributed by atoms with Crippen LogP contribution in [-0.4, -0.2) is 57.0 Å². The molecule has 2 atom stereocenters. The average Bonchev–Trinajstić information content (AvgIpc) is 2.65. The first kappa shape index (κ1) is 20.0. The summed E-state index contributed by atoms with van der Waals surface area (Å²) in [6.45, 7) is 9.57. The normalized spacial score (nSPS) is 23.0. The van der Waals surface area contributed by atoms with E-state index in [0.717, 1.165) is 0 Å². The van der Waals surface area contributed by atoms with Gasteiger partial charge in [-0.3, -0.25) is 4.79 Å². The third kappa shape index (κ3) is 3.09. The smallest absolute Gasteiger partial charge is 0.506 e. The fraction of sp³-hybridized carbons (Fsp3) is 0.611. The Morgan fingerprint density at radius 1 is 1.35 bits per heavy atom. The maximum atomic E-state index is 12.3. The van der Waals surface area contributed by atoms with Crippen LogP contribution in [0.5, 0.6) is 5.75 Å². The topological polar surface area (TPSA) is 117 Å². The summed E-state index contributed by atoms with van der Waals surface area (Å²) in [5.74, 6) is -1.62. The van der Waals surface area contributed by atoms with Gasteiger partial charge in [0.25, 0.3) is 5.56 Å². The number of fused-ring (bicyclic) bond motifs is 1. The quantitative estimate of drug-likeness (QED) is 0.545. The number of amides is 1. The van der Waals surface area contributed by atoms with Crippen molar-refractivity contribution in [2.45, 2.75) is 52.5 Å². The number of nitrogens with one attached hydrogen (secondary N) is 1. The van der Waals surface area contributed by atoms with Gasteiger partial charge in [0.1, 0.15) is 11.3 Å². The number of carboxylic acid groups (broad SMARTS) is 1. The maximum absolute atomic E-state index is 12.3. The zero-order valence-corrected chi connectivity index (χ0v) is 15.9. The minimum atomic E-state index is -0.954. The molecule has 8 nitrogen and oxygen atoms in total. The van der Waals surface area contributed by atoms with E-state index >= 15 is 0 Å². The third-order valence-corrected chi connectivity index (χ3v) is 5.27. The number of nitrogens with zero attached hydrogens (tertiary/aromatic N) is 1. The van der Waals surface area contributed by atoms with E-state index in [2.05, 4.69) is 4.98 Å². The van der Waals surface area contributed by atoms with E-state index < -0.39 is 34.5 Å². The molecule has 0 spiro atoms. The van der Waals surface area contributed by atoms with Crippen LogP contribution in [0.3, 0.4) is 0 Å². The van der Waals surface area contributed by atoms with E-state index in [1.54, 1.807) is 6.92 Å². The van der Waals surface area contributed by atoms with Gasteiger partial charge in [0.15, 0.2) is 5.56 Å². The number of carbonyl (C=O) groups excluding carboxylic acids is 1. The number of aromatic amines is 1. The summed E-state index contributed by atoms with van der Waals surface area (Å²) in [6.07, 6.45) is -0.734. The van der Waals surface area contributed by atoms with E-state index in [1.165, 1.54) is 0 Å². The molecule has 0 saturated heterocycles. The second-order valence-corrected chi connectivity index (χ2v) is 7.77. The zero-order valence-electron chi connectivity index (χ0n) is 15.9. The first-order chi connectivity index (χ1) is 12.0. The van der Waals surface area contributed by atoms with Gasteiger partial charge in [0.2, 0.25) is 0 Å². The van der Waals surface area contributed by atoms with Crippen LogP contribution in [0.2, 0.25) is 0 Å². The molecule has 2 unspecified atom stereocenters. The first-order valence-electron chi connectivity index (χ1n) is 8.72. The molecule has 144 valence electrons.